The maximum atomic E-state index is 7.03. The second-order valence-electron chi connectivity index (χ2n) is 20.0. The number of nitrogens with zero attached hydrogens (tertiary/aromatic N) is 2. The molecule has 0 N–H and O–H groups in total. The standard InChI is InChI=1S/C69H46N2O2/c1-69(2)57-21-10-6-19-53(57)66-58(69)22-14-24-61(66)71(49-33-27-44(28-34-49)43-15-4-3-5-16-43)62-39-37-50(68-67(62)54-20-9-13-26-64(54)73-68)45-29-35-48(36-30-45)70-59-23-11-7-17-51(59)55-41-46(31-38-60(55)70)47-32-40-65-56(42-47)52-18-8-12-25-63(52)72-65/h3-42H,1-2H3. The summed E-state index contributed by atoms with van der Waals surface area (Å²) in [5, 5.41) is 6.84. The van der Waals surface area contributed by atoms with E-state index in [-0.39, 0.29) is 5.41 Å². The first kappa shape index (κ1) is 41.4. The number of para-hydroxylation sites is 3. The lowest BCUT2D eigenvalue weighted by atomic mass is 9.82. The Morgan fingerprint density at radius 1 is 0.370 bits per heavy atom. The van der Waals surface area contributed by atoms with Crippen LogP contribution in [0.2, 0.25) is 0 Å². The molecule has 0 unspecified atom stereocenters. The molecule has 0 spiro atoms. The lowest BCUT2D eigenvalue weighted by Gasteiger charge is -2.30. The van der Waals surface area contributed by atoms with Gasteiger partial charge in [0, 0.05) is 54.8 Å². The Morgan fingerprint density at radius 3 is 1.79 bits per heavy atom. The van der Waals surface area contributed by atoms with Crippen molar-refractivity contribution in [1.82, 2.24) is 4.57 Å². The highest BCUT2D eigenvalue weighted by Gasteiger charge is 2.38. The molecule has 1 aliphatic carbocycles. The fourth-order valence-corrected chi connectivity index (χ4v) is 12.1. The third kappa shape index (κ3) is 6.27. The molecule has 1 aliphatic rings. The van der Waals surface area contributed by atoms with E-state index in [2.05, 4.69) is 254 Å². The van der Waals surface area contributed by atoms with E-state index in [1.54, 1.807) is 0 Å². The summed E-state index contributed by atoms with van der Waals surface area (Å²) in [5.74, 6) is 0. The largest absolute Gasteiger partial charge is 0.456 e. The van der Waals surface area contributed by atoms with Crippen molar-refractivity contribution >= 4 is 82.7 Å². The van der Waals surface area contributed by atoms with Crippen LogP contribution in [0.4, 0.5) is 17.1 Å². The molecule has 4 nitrogen and oxygen atoms in total. The Balaban J connectivity index is 0.874. The third-order valence-corrected chi connectivity index (χ3v) is 15.6. The molecule has 73 heavy (non-hydrogen) atoms. The number of rotatable bonds is 7. The van der Waals surface area contributed by atoms with E-state index < -0.39 is 0 Å². The van der Waals surface area contributed by atoms with Gasteiger partial charge >= 0.3 is 0 Å². The average molecular weight is 935 g/mol. The molecule has 0 aliphatic heterocycles. The molecule has 0 saturated heterocycles. The van der Waals surface area contributed by atoms with Gasteiger partial charge in [-0.25, -0.2) is 0 Å². The van der Waals surface area contributed by atoms with Crippen molar-refractivity contribution in [1.29, 1.82) is 0 Å². The Hall–Kier alpha value is -9.38. The molecule has 344 valence electrons. The highest BCUT2D eigenvalue weighted by atomic mass is 16.3. The Bertz CT molecular complexity index is 4510. The van der Waals surface area contributed by atoms with Gasteiger partial charge in [0.25, 0.3) is 0 Å². The molecule has 0 atom stereocenters. The van der Waals surface area contributed by atoms with Gasteiger partial charge in [0.15, 0.2) is 0 Å². The van der Waals surface area contributed by atoms with E-state index in [1.165, 1.54) is 49.7 Å². The summed E-state index contributed by atoms with van der Waals surface area (Å²) in [5.41, 5.74) is 22.1. The summed E-state index contributed by atoms with van der Waals surface area (Å²) in [7, 11) is 0. The van der Waals surface area contributed by atoms with Gasteiger partial charge in [0.2, 0.25) is 0 Å². The molecule has 0 amide bonds. The number of benzene rings is 11. The fourth-order valence-electron chi connectivity index (χ4n) is 12.1. The Kier molecular flexibility index (Phi) is 8.97. The predicted octanol–water partition coefficient (Wildman–Crippen LogP) is 19.4. The van der Waals surface area contributed by atoms with Crippen LogP contribution in [0.25, 0.3) is 116 Å². The highest BCUT2D eigenvalue weighted by Crippen LogP contribution is 2.56. The average Bonchev–Trinajstić information content (AvgIpc) is 4.21. The molecule has 11 aromatic carbocycles. The lowest BCUT2D eigenvalue weighted by Crippen LogP contribution is -2.16. The third-order valence-electron chi connectivity index (χ3n) is 15.6. The van der Waals surface area contributed by atoms with Crippen molar-refractivity contribution in [3.63, 3.8) is 0 Å². The molecule has 0 saturated carbocycles. The number of furan rings is 2. The van der Waals surface area contributed by atoms with Crippen LogP contribution in [0, 0.1) is 0 Å². The van der Waals surface area contributed by atoms with Gasteiger partial charge in [0.05, 0.1) is 27.8 Å². The topological polar surface area (TPSA) is 34.5 Å². The molecule has 0 radical (unpaired) electrons. The molecule has 4 heteroatoms. The predicted molar refractivity (Wildman–Crippen MR) is 304 cm³/mol. The van der Waals surface area contributed by atoms with E-state index in [0.717, 1.165) is 94.4 Å². The maximum absolute atomic E-state index is 7.03. The summed E-state index contributed by atoms with van der Waals surface area (Å²) in [6.45, 7) is 4.70. The van der Waals surface area contributed by atoms with Crippen molar-refractivity contribution in [3.05, 3.63) is 254 Å². The van der Waals surface area contributed by atoms with Crippen LogP contribution in [-0.4, -0.2) is 4.57 Å². The van der Waals surface area contributed by atoms with Crippen LogP contribution < -0.4 is 4.90 Å². The van der Waals surface area contributed by atoms with E-state index in [1.807, 2.05) is 12.1 Å². The Morgan fingerprint density at radius 2 is 0.973 bits per heavy atom. The normalized spacial score (nSPS) is 12.9. The van der Waals surface area contributed by atoms with Gasteiger partial charge in [-0.2, -0.15) is 0 Å². The molecule has 14 aromatic rings. The molecule has 3 aromatic heterocycles. The summed E-state index contributed by atoms with van der Waals surface area (Å²) in [6.07, 6.45) is 0. The van der Waals surface area contributed by atoms with E-state index in [0.29, 0.717) is 0 Å². The maximum Gasteiger partial charge on any atom is 0.145 e. The second kappa shape index (κ2) is 15.8. The lowest BCUT2D eigenvalue weighted by molar-refractivity contribution is 0.660. The molecular weight excluding hydrogens is 889 g/mol. The number of fused-ring (bicyclic) bond motifs is 12. The molecule has 15 rings (SSSR count). The van der Waals surface area contributed by atoms with E-state index >= 15 is 0 Å². The van der Waals surface area contributed by atoms with Gasteiger partial charge < -0.3 is 18.3 Å². The zero-order valence-electron chi connectivity index (χ0n) is 40.3. The second-order valence-corrected chi connectivity index (χ2v) is 20.0. The van der Waals surface area contributed by atoms with Crippen molar-refractivity contribution in [3.8, 4) is 50.2 Å². The first-order chi connectivity index (χ1) is 36.0. The quantitative estimate of drug-likeness (QED) is 0.160. The summed E-state index contributed by atoms with van der Waals surface area (Å²) in [4.78, 5) is 2.47. The summed E-state index contributed by atoms with van der Waals surface area (Å²) < 4.78 is 15.6. The zero-order chi connectivity index (χ0) is 48.4. The SMILES string of the molecule is CC1(C)c2ccccc2-c2c(N(c3ccc(-c4ccccc4)cc3)c3ccc(-c4ccc(-n5c6ccccc6c6cc(-c7ccc8oc9ccccc9c8c7)ccc65)cc4)c4oc5ccccc5c34)cccc21. The van der Waals surface area contributed by atoms with Crippen LogP contribution in [0.1, 0.15) is 25.0 Å². The van der Waals surface area contributed by atoms with Crippen LogP contribution in [0.15, 0.2) is 251 Å². The summed E-state index contributed by atoms with van der Waals surface area (Å²) in [6, 6.07) is 87.9. The van der Waals surface area contributed by atoms with Crippen molar-refractivity contribution in [2.75, 3.05) is 4.90 Å². The van der Waals surface area contributed by atoms with Crippen molar-refractivity contribution in [2.24, 2.45) is 0 Å². The smallest absolute Gasteiger partial charge is 0.145 e. The minimum Gasteiger partial charge on any atom is -0.456 e. The van der Waals surface area contributed by atoms with Gasteiger partial charge in [-0.05, 0) is 129 Å². The van der Waals surface area contributed by atoms with Gasteiger partial charge in [0.1, 0.15) is 22.3 Å². The highest BCUT2D eigenvalue weighted by molar-refractivity contribution is 6.18. The Labute approximate surface area is 422 Å². The van der Waals surface area contributed by atoms with Crippen LogP contribution >= 0.6 is 0 Å². The minimum atomic E-state index is -0.160. The minimum absolute atomic E-state index is 0.160. The van der Waals surface area contributed by atoms with Gasteiger partial charge in [-0.1, -0.05) is 172 Å². The zero-order valence-corrected chi connectivity index (χ0v) is 40.3. The van der Waals surface area contributed by atoms with E-state index in [9.17, 15) is 0 Å². The van der Waals surface area contributed by atoms with Crippen LogP contribution in [0.5, 0.6) is 0 Å². The molecule has 0 bridgehead atoms. The number of hydrogen-bond acceptors (Lipinski definition) is 3. The fraction of sp³-hybridized carbons (Fsp3) is 0.0435. The monoisotopic (exact) mass is 934 g/mol. The van der Waals surface area contributed by atoms with Crippen LogP contribution in [0.3, 0.4) is 0 Å². The van der Waals surface area contributed by atoms with Crippen molar-refractivity contribution in [2.45, 2.75) is 19.3 Å². The van der Waals surface area contributed by atoms with E-state index in [4.69, 9.17) is 8.83 Å². The first-order valence-corrected chi connectivity index (χ1v) is 25.2. The van der Waals surface area contributed by atoms with Crippen molar-refractivity contribution < 1.29 is 8.83 Å². The van der Waals surface area contributed by atoms with Gasteiger partial charge in [-0.15, -0.1) is 0 Å². The number of hydrogen-bond donors (Lipinski definition) is 0. The molecule has 3 heterocycles. The van der Waals surface area contributed by atoms with Gasteiger partial charge in [-0.3, -0.25) is 0 Å². The molecular formula is C69H46N2O2. The first-order valence-electron chi connectivity index (χ1n) is 25.2. The number of aromatic nitrogens is 1. The summed E-state index contributed by atoms with van der Waals surface area (Å²) >= 11 is 0. The molecule has 0 fully saturated rings. The number of anilines is 3. The van der Waals surface area contributed by atoms with Crippen LogP contribution in [-0.2, 0) is 5.41 Å².